The van der Waals surface area contributed by atoms with Gasteiger partial charge in [-0.1, -0.05) is 29.8 Å². The highest BCUT2D eigenvalue weighted by Gasteiger charge is 2.24. The van der Waals surface area contributed by atoms with Crippen LogP contribution in [0, 0.1) is 6.92 Å². The Hall–Kier alpha value is -3.18. The third-order valence-electron chi connectivity index (χ3n) is 5.83. The molecule has 180 valence electrons. The Morgan fingerprint density at radius 1 is 1.35 bits per heavy atom. The normalized spacial score (nSPS) is 16.3. The molecule has 1 aliphatic rings. The van der Waals surface area contributed by atoms with Gasteiger partial charge >= 0.3 is 11.8 Å². The molecule has 1 amide bonds. The second-order valence-corrected chi connectivity index (χ2v) is 9.52. The lowest BCUT2D eigenvalue weighted by Crippen LogP contribution is -2.54. The molecule has 1 aliphatic heterocycles. The minimum absolute atomic E-state index is 0.0428. The molecule has 0 radical (unpaired) electrons. The van der Waals surface area contributed by atoms with E-state index >= 15 is 0 Å². The number of hydrogen-bond acceptors (Lipinski definition) is 6. The average molecular weight is 532 g/mol. The van der Waals surface area contributed by atoms with Gasteiger partial charge in [0.25, 0.3) is 5.56 Å². The van der Waals surface area contributed by atoms with Crippen molar-refractivity contribution in [2.24, 2.45) is 0 Å². The summed E-state index contributed by atoms with van der Waals surface area (Å²) in [5.74, 6) is 0.336. The summed E-state index contributed by atoms with van der Waals surface area (Å²) in [6, 6.07) is 4.96. The Labute approximate surface area is 203 Å². The smallest absolute Gasteiger partial charge is 0.407 e. The zero-order valence-corrected chi connectivity index (χ0v) is 20.7. The summed E-state index contributed by atoms with van der Waals surface area (Å²) in [5.41, 5.74) is 1.47. The highest BCUT2D eigenvalue weighted by atomic mass is 79.9. The van der Waals surface area contributed by atoms with Gasteiger partial charge in [0.05, 0.1) is 22.9 Å². The number of aromatic nitrogens is 3. The molecule has 3 aromatic rings. The van der Waals surface area contributed by atoms with Crippen molar-refractivity contribution in [3.05, 3.63) is 61.0 Å². The number of H-pyrrole nitrogens is 1. The maximum atomic E-state index is 13.1. The van der Waals surface area contributed by atoms with Gasteiger partial charge in [-0.15, -0.1) is 0 Å². The van der Waals surface area contributed by atoms with Gasteiger partial charge in [0, 0.05) is 30.3 Å². The van der Waals surface area contributed by atoms with Crippen molar-refractivity contribution >= 4 is 32.9 Å². The molecular formula is C23H26BrN5O5. The standard InChI is InChI=1S/C23H26BrN5O5/c1-12(2)19-20(13(3)4-5-26-19)29-16-8-14(24)9-17(18(16)21(30)27-22(29)31)34-11-15-10-28(23(32)33)7-6-25-15/h4-5,8-9,12,15,25H,6-7,10-11H2,1-3H3,(H,32,33)(H,27,30,31)/t15-/m1/s1. The summed E-state index contributed by atoms with van der Waals surface area (Å²) in [6.45, 7) is 7.22. The van der Waals surface area contributed by atoms with Gasteiger partial charge in [0.15, 0.2) is 0 Å². The molecule has 3 heterocycles. The molecule has 0 unspecified atom stereocenters. The molecule has 1 fully saturated rings. The van der Waals surface area contributed by atoms with Crippen LogP contribution in [0.1, 0.15) is 31.0 Å². The van der Waals surface area contributed by atoms with Gasteiger partial charge in [-0.05, 0) is 36.6 Å². The quantitative estimate of drug-likeness (QED) is 0.461. The van der Waals surface area contributed by atoms with Crippen molar-refractivity contribution in [1.82, 2.24) is 24.8 Å². The zero-order chi connectivity index (χ0) is 24.6. The number of halogens is 1. The van der Waals surface area contributed by atoms with Gasteiger partial charge in [-0.3, -0.25) is 19.3 Å². The van der Waals surface area contributed by atoms with E-state index in [1.165, 1.54) is 9.47 Å². The number of fused-ring (bicyclic) bond motifs is 1. The monoisotopic (exact) mass is 531 g/mol. The van der Waals surface area contributed by atoms with E-state index in [0.29, 0.717) is 34.5 Å². The lowest BCUT2D eigenvalue weighted by molar-refractivity contribution is 0.118. The first-order valence-electron chi connectivity index (χ1n) is 11.0. The van der Waals surface area contributed by atoms with E-state index in [-0.39, 0.29) is 30.5 Å². The molecule has 4 rings (SSSR count). The van der Waals surface area contributed by atoms with Crippen LogP contribution in [-0.2, 0) is 0 Å². The van der Waals surface area contributed by atoms with Crippen LogP contribution in [0.4, 0.5) is 4.79 Å². The van der Waals surface area contributed by atoms with Gasteiger partial charge in [0.2, 0.25) is 0 Å². The highest BCUT2D eigenvalue weighted by Crippen LogP contribution is 2.31. The van der Waals surface area contributed by atoms with E-state index in [0.717, 1.165) is 11.3 Å². The SMILES string of the molecule is Cc1ccnc(C(C)C)c1-n1c(=O)[nH]c(=O)c2c(OC[C@H]3CN(C(=O)O)CCN3)cc(Br)cc21. The first-order valence-corrected chi connectivity index (χ1v) is 11.7. The van der Waals surface area contributed by atoms with Crippen LogP contribution >= 0.6 is 15.9 Å². The van der Waals surface area contributed by atoms with E-state index in [2.05, 4.69) is 31.2 Å². The third-order valence-corrected chi connectivity index (χ3v) is 6.29. The number of hydrogen-bond donors (Lipinski definition) is 3. The molecule has 34 heavy (non-hydrogen) atoms. The molecule has 0 saturated carbocycles. The van der Waals surface area contributed by atoms with Gasteiger partial charge < -0.3 is 20.1 Å². The molecule has 11 heteroatoms. The summed E-state index contributed by atoms with van der Waals surface area (Å²) in [6.07, 6.45) is 0.724. The van der Waals surface area contributed by atoms with Crippen LogP contribution in [0.5, 0.6) is 5.75 Å². The van der Waals surface area contributed by atoms with Crippen molar-refractivity contribution < 1.29 is 14.6 Å². The molecule has 0 bridgehead atoms. The van der Waals surface area contributed by atoms with Crippen molar-refractivity contribution in [3.63, 3.8) is 0 Å². The maximum absolute atomic E-state index is 13.1. The van der Waals surface area contributed by atoms with Crippen molar-refractivity contribution in [1.29, 1.82) is 0 Å². The molecule has 1 saturated heterocycles. The third kappa shape index (κ3) is 4.58. The zero-order valence-electron chi connectivity index (χ0n) is 19.1. The number of carbonyl (C=O) groups is 1. The highest BCUT2D eigenvalue weighted by molar-refractivity contribution is 9.10. The second-order valence-electron chi connectivity index (χ2n) is 8.60. The molecule has 1 atom stereocenters. The summed E-state index contributed by atoms with van der Waals surface area (Å²) in [5, 5.41) is 12.7. The number of benzene rings is 1. The Kier molecular flexibility index (Phi) is 6.76. The maximum Gasteiger partial charge on any atom is 0.407 e. The Balaban J connectivity index is 1.83. The minimum atomic E-state index is -0.979. The Morgan fingerprint density at radius 3 is 2.82 bits per heavy atom. The topological polar surface area (TPSA) is 130 Å². The van der Waals surface area contributed by atoms with Crippen LogP contribution in [0.25, 0.3) is 16.6 Å². The van der Waals surface area contributed by atoms with E-state index in [1.807, 2.05) is 26.8 Å². The van der Waals surface area contributed by atoms with Gasteiger partial charge in [-0.25, -0.2) is 9.59 Å². The summed E-state index contributed by atoms with van der Waals surface area (Å²) < 4.78 is 8.12. The van der Waals surface area contributed by atoms with Crippen LogP contribution in [0.15, 0.2) is 38.5 Å². The largest absolute Gasteiger partial charge is 0.491 e. The molecule has 10 nitrogen and oxygen atoms in total. The molecule has 1 aromatic carbocycles. The van der Waals surface area contributed by atoms with E-state index in [1.54, 1.807) is 18.3 Å². The van der Waals surface area contributed by atoms with Crippen molar-refractivity contribution in [3.8, 4) is 11.4 Å². The lowest BCUT2D eigenvalue weighted by atomic mass is 10.0. The number of piperazine rings is 1. The van der Waals surface area contributed by atoms with Crippen LogP contribution in [0.2, 0.25) is 0 Å². The number of amides is 1. The van der Waals surface area contributed by atoms with Crippen LogP contribution in [-0.4, -0.2) is 62.9 Å². The number of ether oxygens (including phenoxy) is 1. The first-order chi connectivity index (χ1) is 16.2. The van der Waals surface area contributed by atoms with E-state index < -0.39 is 17.3 Å². The Bertz CT molecular complexity index is 1370. The van der Waals surface area contributed by atoms with Gasteiger partial charge in [0.1, 0.15) is 17.7 Å². The predicted octanol–water partition coefficient (Wildman–Crippen LogP) is 2.60. The Morgan fingerprint density at radius 2 is 2.12 bits per heavy atom. The van der Waals surface area contributed by atoms with Crippen LogP contribution in [0.3, 0.4) is 0 Å². The fourth-order valence-electron chi connectivity index (χ4n) is 4.22. The number of carboxylic acid groups (broad SMARTS) is 1. The second kappa shape index (κ2) is 9.59. The minimum Gasteiger partial charge on any atom is -0.491 e. The van der Waals surface area contributed by atoms with Crippen molar-refractivity contribution in [2.75, 3.05) is 26.2 Å². The fraction of sp³-hybridized carbons (Fsp3) is 0.391. The fourth-order valence-corrected chi connectivity index (χ4v) is 4.64. The predicted molar refractivity (Wildman–Crippen MR) is 131 cm³/mol. The number of nitrogens with one attached hydrogen (secondary N) is 2. The number of nitrogens with zero attached hydrogens (tertiary/aromatic N) is 3. The van der Waals surface area contributed by atoms with Crippen molar-refractivity contribution in [2.45, 2.75) is 32.7 Å². The average Bonchev–Trinajstić information content (AvgIpc) is 2.78. The number of rotatable bonds is 5. The summed E-state index contributed by atoms with van der Waals surface area (Å²) in [7, 11) is 0. The molecular weight excluding hydrogens is 506 g/mol. The summed E-state index contributed by atoms with van der Waals surface area (Å²) >= 11 is 3.47. The number of aryl methyl sites for hydroxylation is 1. The van der Waals surface area contributed by atoms with Crippen LogP contribution < -0.4 is 21.3 Å². The summed E-state index contributed by atoms with van der Waals surface area (Å²) in [4.78, 5) is 45.5. The van der Waals surface area contributed by atoms with Gasteiger partial charge in [-0.2, -0.15) is 0 Å². The molecule has 0 spiro atoms. The number of aromatic amines is 1. The molecule has 3 N–H and O–H groups in total. The lowest BCUT2D eigenvalue weighted by Gasteiger charge is -2.31. The van der Waals surface area contributed by atoms with E-state index in [4.69, 9.17) is 4.74 Å². The first kappa shape index (κ1) is 24.0. The molecule has 2 aromatic heterocycles. The molecule has 0 aliphatic carbocycles. The van der Waals surface area contributed by atoms with E-state index in [9.17, 15) is 19.5 Å². The number of pyridine rings is 1.